The maximum Gasteiger partial charge on any atom is 1.00 e. The Bertz CT molecular complexity index is 405. The normalized spacial score (nSPS) is 11.3. The Labute approximate surface area is 198 Å². The van der Waals surface area contributed by atoms with Crippen LogP contribution >= 0.6 is 12.2 Å². The molecule has 0 fully saturated rings. The Balaban J connectivity index is -0.000000540. The van der Waals surface area contributed by atoms with Crippen LogP contribution < -0.4 is 93.9 Å². The van der Waals surface area contributed by atoms with E-state index in [1.165, 1.54) is 0 Å². The monoisotopic (exact) mass is 411 g/mol. The van der Waals surface area contributed by atoms with Gasteiger partial charge in [-0.1, -0.05) is 0 Å². The van der Waals surface area contributed by atoms with Gasteiger partial charge in [0.15, 0.2) is 0 Å². The Hall–Kier alpha value is 2.93. The molecular formula is C4H8NNa3O11S3. The summed E-state index contributed by atoms with van der Waals surface area (Å²) in [5.41, 5.74) is 0. The Morgan fingerprint density at radius 1 is 0.864 bits per heavy atom. The van der Waals surface area contributed by atoms with E-state index in [-0.39, 0.29) is 114 Å². The summed E-state index contributed by atoms with van der Waals surface area (Å²) in [6.45, 7) is -1.72. The molecule has 0 aliphatic rings. The summed E-state index contributed by atoms with van der Waals surface area (Å²) in [4.78, 5) is 0. The summed E-state index contributed by atoms with van der Waals surface area (Å²) in [7, 11) is -9.76. The van der Waals surface area contributed by atoms with E-state index in [1.807, 2.05) is 0 Å². The van der Waals surface area contributed by atoms with Gasteiger partial charge in [0, 0.05) is 13.1 Å². The van der Waals surface area contributed by atoms with Gasteiger partial charge >= 0.3 is 88.7 Å². The fraction of sp³-hybridized carbons (Fsp3) is 1.00. The van der Waals surface area contributed by atoms with Crippen molar-refractivity contribution in [3.05, 3.63) is 0 Å². The number of hydrogen-bond donors (Lipinski definition) is 0. The second kappa shape index (κ2) is 17.3. The minimum Gasteiger partial charge on any atom is -0.726 e. The Kier molecular flexibility index (Phi) is 25.7. The summed E-state index contributed by atoms with van der Waals surface area (Å²) >= 11 is 0.268. The van der Waals surface area contributed by atoms with Crippen molar-refractivity contribution in [2.45, 2.75) is 0 Å². The summed E-state index contributed by atoms with van der Waals surface area (Å²) in [5, 5.41) is 12.6. The molecule has 0 radical (unpaired) electrons. The first-order valence-electron chi connectivity index (χ1n) is 4.23. The zero-order valence-corrected chi connectivity index (χ0v) is 20.4. The molecular weight excluding hydrogens is 403 g/mol. The first kappa shape index (κ1) is 32.6. The van der Waals surface area contributed by atoms with Crippen LogP contribution in [0.25, 0.3) is 0 Å². The van der Waals surface area contributed by atoms with Gasteiger partial charge in [-0.15, -0.1) is 0 Å². The van der Waals surface area contributed by atoms with Crippen LogP contribution in [0.15, 0.2) is 0 Å². The van der Waals surface area contributed by atoms with Crippen LogP contribution in [0, 0.1) is 0 Å². The van der Waals surface area contributed by atoms with Crippen LogP contribution in [-0.2, 0) is 38.5 Å². The molecule has 0 heterocycles. The zero-order valence-electron chi connectivity index (χ0n) is 12.0. The van der Waals surface area contributed by atoms with Gasteiger partial charge in [-0.3, -0.25) is 13.4 Å². The van der Waals surface area contributed by atoms with Gasteiger partial charge in [0.2, 0.25) is 20.8 Å². The molecule has 0 saturated carbocycles. The fourth-order valence-corrected chi connectivity index (χ4v) is 1.69. The molecule has 0 unspecified atom stereocenters. The van der Waals surface area contributed by atoms with Crippen LogP contribution in [0.1, 0.15) is 0 Å². The number of rotatable bonds is 11. The SMILES string of the molecule is O=S(=O)([O-])OCCN(CCOS(=O)(=O)[O-])SOO[O-].[Na+].[Na+].[Na+]. The minimum atomic E-state index is -4.88. The zero-order chi connectivity index (χ0) is 14.9. The summed E-state index contributed by atoms with van der Waals surface area (Å²) in [6.07, 6.45) is 0. The van der Waals surface area contributed by atoms with Crippen LogP contribution in [-0.4, -0.2) is 56.5 Å². The Morgan fingerprint density at radius 3 is 1.50 bits per heavy atom. The molecule has 12 nitrogen and oxygen atoms in total. The molecule has 0 aromatic rings. The van der Waals surface area contributed by atoms with Gasteiger partial charge in [-0.25, -0.2) is 21.1 Å². The van der Waals surface area contributed by atoms with E-state index in [2.05, 4.69) is 17.7 Å². The molecule has 0 rings (SSSR count). The van der Waals surface area contributed by atoms with Gasteiger partial charge < -0.3 is 14.4 Å². The van der Waals surface area contributed by atoms with Gasteiger partial charge in [0.1, 0.15) is 12.2 Å². The maximum absolute atomic E-state index is 10.1. The van der Waals surface area contributed by atoms with Crippen molar-refractivity contribution in [3.8, 4) is 0 Å². The van der Waals surface area contributed by atoms with Crippen molar-refractivity contribution in [1.82, 2.24) is 4.31 Å². The Morgan fingerprint density at radius 2 is 1.23 bits per heavy atom. The van der Waals surface area contributed by atoms with Crippen LogP contribution in [0.2, 0.25) is 0 Å². The molecule has 0 N–H and O–H groups in total. The molecule has 18 heteroatoms. The third-order valence-electron chi connectivity index (χ3n) is 1.30. The summed E-state index contributed by atoms with van der Waals surface area (Å²) in [5.74, 6) is 0. The van der Waals surface area contributed by atoms with E-state index in [4.69, 9.17) is 0 Å². The number of hydrogen-bond acceptors (Lipinski definition) is 13. The van der Waals surface area contributed by atoms with Crippen molar-refractivity contribution in [2.24, 2.45) is 0 Å². The third kappa shape index (κ3) is 25.2. The topological polar surface area (TPSA) is 178 Å². The third-order valence-corrected chi connectivity index (χ3v) is 2.90. The maximum atomic E-state index is 10.1. The van der Waals surface area contributed by atoms with Crippen molar-refractivity contribution in [2.75, 3.05) is 26.3 Å². The largest absolute Gasteiger partial charge is 1.00 e. The summed E-state index contributed by atoms with van der Waals surface area (Å²) < 4.78 is 73.3. The predicted octanol–water partition coefficient (Wildman–Crippen LogP) is -12.0. The fourth-order valence-electron chi connectivity index (χ4n) is 0.724. The molecule has 0 aliphatic heterocycles. The first-order chi connectivity index (χ1) is 8.64. The van der Waals surface area contributed by atoms with Gasteiger partial charge in [0.25, 0.3) is 0 Å². The van der Waals surface area contributed by atoms with E-state index < -0.39 is 34.0 Å². The van der Waals surface area contributed by atoms with Crippen LogP contribution in [0.5, 0.6) is 0 Å². The minimum absolute atomic E-state index is 0. The number of nitrogens with zero attached hydrogens (tertiary/aromatic N) is 1. The molecule has 0 amide bonds. The smallest absolute Gasteiger partial charge is 0.726 e. The van der Waals surface area contributed by atoms with E-state index in [0.29, 0.717) is 0 Å². The molecule has 116 valence electrons. The average molecular weight is 411 g/mol. The van der Waals surface area contributed by atoms with Crippen LogP contribution in [0.3, 0.4) is 0 Å². The van der Waals surface area contributed by atoms with Crippen molar-refractivity contribution in [1.29, 1.82) is 0 Å². The van der Waals surface area contributed by atoms with Crippen molar-refractivity contribution in [3.63, 3.8) is 0 Å². The van der Waals surface area contributed by atoms with Crippen molar-refractivity contribution < 1.29 is 138 Å². The molecule has 0 aliphatic carbocycles. The summed E-state index contributed by atoms with van der Waals surface area (Å²) in [6, 6.07) is 0. The molecule has 0 aromatic carbocycles. The second-order valence-corrected chi connectivity index (χ2v) is 5.51. The van der Waals surface area contributed by atoms with E-state index in [1.54, 1.807) is 0 Å². The molecule has 22 heavy (non-hydrogen) atoms. The van der Waals surface area contributed by atoms with Gasteiger partial charge in [-0.2, -0.15) is 4.33 Å². The molecule has 0 saturated heterocycles. The van der Waals surface area contributed by atoms with Gasteiger partial charge in [0.05, 0.1) is 13.2 Å². The molecule has 0 spiro atoms. The van der Waals surface area contributed by atoms with Gasteiger partial charge in [-0.05, 0) is 0 Å². The predicted molar refractivity (Wildman–Crippen MR) is 52.6 cm³/mol. The van der Waals surface area contributed by atoms with Crippen molar-refractivity contribution >= 4 is 33.0 Å². The van der Waals surface area contributed by atoms with Crippen LogP contribution in [0.4, 0.5) is 0 Å². The molecule has 0 aromatic heterocycles. The molecule has 0 atom stereocenters. The van der Waals surface area contributed by atoms with E-state index in [0.717, 1.165) is 4.31 Å². The van der Waals surface area contributed by atoms with E-state index >= 15 is 0 Å². The standard InChI is InChI=1S/C4H11NO11S3.3Na/c6-15-16-17-5(1-3-13-18(7,8)9)2-4-14-19(10,11)12;;;/h6H,1-4H2,(H,7,8,9)(H,10,11,12);;;/q;3*+1/p-3. The quantitative estimate of drug-likeness (QED) is 0.0596. The van der Waals surface area contributed by atoms with E-state index in [9.17, 15) is 31.2 Å². The second-order valence-electron chi connectivity index (χ2n) is 2.60. The molecule has 0 bridgehead atoms. The average Bonchev–Trinajstić information content (AvgIpc) is 2.21. The first-order valence-corrected chi connectivity index (χ1v) is 7.59.